The molecule has 1 saturated carbocycles. The lowest BCUT2D eigenvalue weighted by atomic mass is 9.81. The van der Waals surface area contributed by atoms with E-state index in [-0.39, 0.29) is 0 Å². The second-order valence-corrected chi connectivity index (χ2v) is 6.15. The van der Waals surface area contributed by atoms with Crippen LogP contribution >= 0.6 is 0 Å². The van der Waals surface area contributed by atoms with Crippen LogP contribution in [0.1, 0.15) is 42.7 Å². The quantitative estimate of drug-likeness (QED) is 0.885. The molecule has 2 nitrogen and oxygen atoms in total. The van der Waals surface area contributed by atoms with E-state index in [1.807, 2.05) is 0 Å². The molecule has 0 atom stereocenters. The number of rotatable bonds is 3. The van der Waals surface area contributed by atoms with Crippen molar-refractivity contribution >= 4 is 0 Å². The Bertz CT molecular complexity index is 415. The molecule has 1 aromatic rings. The lowest BCUT2D eigenvalue weighted by molar-refractivity contribution is 0.254. The highest BCUT2D eigenvalue weighted by molar-refractivity contribution is 5.41. The third-order valence-electron chi connectivity index (χ3n) is 4.93. The summed E-state index contributed by atoms with van der Waals surface area (Å²) in [5, 5.41) is 0. The Kier molecular flexibility index (Phi) is 3.16. The van der Waals surface area contributed by atoms with Crippen LogP contribution < -0.4 is 5.73 Å². The molecule has 1 heterocycles. The maximum absolute atomic E-state index is 6.01. The number of nitrogens with two attached hydrogens (primary N) is 1. The van der Waals surface area contributed by atoms with Crippen molar-refractivity contribution in [3.8, 4) is 0 Å². The van der Waals surface area contributed by atoms with Crippen LogP contribution in [0.25, 0.3) is 0 Å². The van der Waals surface area contributed by atoms with Gasteiger partial charge in [0.2, 0.25) is 0 Å². The van der Waals surface area contributed by atoms with E-state index >= 15 is 0 Å². The molecule has 18 heavy (non-hydrogen) atoms. The minimum Gasteiger partial charge on any atom is -0.330 e. The maximum Gasteiger partial charge on any atom is 0.00790 e. The molecule has 1 aliphatic heterocycles. The monoisotopic (exact) mass is 244 g/mol. The van der Waals surface area contributed by atoms with Crippen molar-refractivity contribution in [2.75, 3.05) is 26.7 Å². The fourth-order valence-electron chi connectivity index (χ4n) is 3.39. The van der Waals surface area contributed by atoms with Gasteiger partial charge in [-0.15, -0.1) is 0 Å². The first-order valence-electron chi connectivity index (χ1n) is 7.23. The Morgan fingerprint density at radius 3 is 2.50 bits per heavy atom. The van der Waals surface area contributed by atoms with Gasteiger partial charge in [0.05, 0.1) is 0 Å². The molecule has 1 saturated heterocycles. The summed E-state index contributed by atoms with van der Waals surface area (Å²) in [7, 11) is 2.23. The summed E-state index contributed by atoms with van der Waals surface area (Å²) in [5.74, 6) is 0.751. The van der Waals surface area contributed by atoms with Gasteiger partial charge in [0.1, 0.15) is 0 Å². The predicted molar refractivity (Wildman–Crippen MR) is 75.9 cm³/mol. The van der Waals surface area contributed by atoms with E-state index in [0.29, 0.717) is 5.41 Å². The SMILES string of the molecule is CN1CCC(c2ccccc2C2(CN)CC2)CC1. The molecule has 2 heteroatoms. The number of hydrogen-bond donors (Lipinski definition) is 1. The van der Waals surface area contributed by atoms with Gasteiger partial charge in [-0.1, -0.05) is 24.3 Å². The van der Waals surface area contributed by atoms with Crippen LogP contribution in [-0.4, -0.2) is 31.6 Å². The van der Waals surface area contributed by atoms with Crippen LogP contribution in [0.2, 0.25) is 0 Å². The van der Waals surface area contributed by atoms with Gasteiger partial charge in [-0.3, -0.25) is 0 Å². The first kappa shape index (κ1) is 12.2. The number of piperidine rings is 1. The maximum atomic E-state index is 6.01. The summed E-state index contributed by atoms with van der Waals surface area (Å²) in [4.78, 5) is 2.44. The molecule has 0 radical (unpaired) electrons. The summed E-state index contributed by atoms with van der Waals surface area (Å²) < 4.78 is 0. The molecular weight excluding hydrogens is 220 g/mol. The Morgan fingerprint density at radius 2 is 1.89 bits per heavy atom. The van der Waals surface area contributed by atoms with Crippen LogP contribution in [-0.2, 0) is 5.41 Å². The second kappa shape index (κ2) is 4.67. The molecule has 0 aromatic heterocycles. The smallest absolute Gasteiger partial charge is 0.00790 e. The third-order valence-corrected chi connectivity index (χ3v) is 4.93. The second-order valence-electron chi connectivity index (χ2n) is 6.15. The summed E-state index contributed by atoms with van der Waals surface area (Å²) in [6.07, 6.45) is 5.17. The molecule has 98 valence electrons. The van der Waals surface area contributed by atoms with Crippen LogP contribution in [0, 0.1) is 0 Å². The van der Waals surface area contributed by atoms with E-state index in [2.05, 4.69) is 36.2 Å². The number of likely N-dealkylation sites (tertiary alicyclic amines) is 1. The topological polar surface area (TPSA) is 29.3 Å². The van der Waals surface area contributed by atoms with E-state index < -0.39 is 0 Å². The normalized spacial score (nSPS) is 24.1. The fraction of sp³-hybridized carbons (Fsp3) is 0.625. The standard InChI is InChI=1S/C16H24N2/c1-18-10-6-13(7-11-18)14-4-2-3-5-15(14)16(12-17)8-9-16/h2-5,13H,6-12,17H2,1H3. The van der Waals surface area contributed by atoms with Crippen LogP contribution in [0.3, 0.4) is 0 Å². The van der Waals surface area contributed by atoms with Gasteiger partial charge in [-0.2, -0.15) is 0 Å². The summed E-state index contributed by atoms with van der Waals surface area (Å²) in [6, 6.07) is 9.06. The van der Waals surface area contributed by atoms with Crippen molar-refractivity contribution in [3.05, 3.63) is 35.4 Å². The zero-order valence-electron chi connectivity index (χ0n) is 11.4. The zero-order valence-corrected chi connectivity index (χ0v) is 11.4. The van der Waals surface area contributed by atoms with Gasteiger partial charge in [0, 0.05) is 12.0 Å². The molecule has 3 rings (SSSR count). The predicted octanol–water partition coefficient (Wildman–Crippen LogP) is 2.49. The Balaban J connectivity index is 1.88. The molecule has 0 spiro atoms. The first-order chi connectivity index (χ1) is 8.75. The summed E-state index contributed by atoms with van der Waals surface area (Å²) in [5.41, 5.74) is 9.50. The molecule has 1 aliphatic carbocycles. The minimum absolute atomic E-state index is 0.333. The van der Waals surface area contributed by atoms with Gasteiger partial charge in [-0.25, -0.2) is 0 Å². The lowest BCUT2D eigenvalue weighted by Gasteiger charge is -2.31. The van der Waals surface area contributed by atoms with Crippen LogP contribution in [0.15, 0.2) is 24.3 Å². The van der Waals surface area contributed by atoms with Crippen LogP contribution in [0.4, 0.5) is 0 Å². The van der Waals surface area contributed by atoms with Crippen molar-refractivity contribution in [2.45, 2.75) is 37.0 Å². The molecular formula is C16H24N2. The van der Waals surface area contributed by atoms with Gasteiger partial charge < -0.3 is 10.6 Å². The highest BCUT2D eigenvalue weighted by Gasteiger charge is 2.44. The highest BCUT2D eigenvalue weighted by Crippen LogP contribution is 2.50. The number of hydrogen-bond acceptors (Lipinski definition) is 2. The van der Waals surface area contributed by atoms with Crippen molar-refractivity contribution in [3.63, 3.8) is 0 Å². The van der Waals surface area contributed by atoms with Crippen LogP contribution in [0.5, 0.6) is 0 Å². The number of nitrogens with zero attached hydrogens (tertiary/aromatic N) is 1. The molecule has 0 bridgehead atoms. The Labute approximate surface area is 110 Å². The lowest BCUT2D eigenvalue weighted by Crippen LogP contribution is -2.30. The fourth-order valence-corrected chi connectivity index (χ4v) is 3.39. The molecule has 0 unspecified atom stereocenters. The third kappa shape index (κ3) is 2.08. The minimum atomic E-state index is 0.333. The van der Waals surface area contributed by atoms with Crippen molar-refractivity contribution < 1.29 is 0 Å². The zero-order chi connectivity index (χ0) is 12.6. The first-order valence-corrected chi connectivity index (χ1v) is 7.23. The van der Waals surface area contributed by atoms with Gasteiger partial charge >= 0.3 is 0 Å². The van der Waals surface area contributed by atoms with E-state index in [4.69, 9.17) is 5.73 Å². The summed E-state index contributed by atoms with van der Waals surface area (Å²) >= 11 is 0. The highest BCUT2D eigenvalue weighted by atomic mass is 15.1. The van der Waals surface area contributed by atoms with Crippen molar-refractivity contribution in [1.29, 1.82) is 0 Å². The Morgan fingerprint density at radius 1 is 1.22 bits per heavy atom. The largest absolute Gasteiger partial charge is 0.330 e. The van der Waals surface area contributed by atoms with E-state index in [1.54, 1.807) is 11.1 Å². The average Bonchev–Trinajstić information content (AvgIpc) is 3.21. The van der Waals surface area contributed by atoms with E-state index in [9.17, 15) is 0 Å². The Hall–Kier alpha value is -0.860. The molecule has 2 aliphatic rings. The van der Waals surface area contributed by atoms with E-state index in [0.717, 1.165) is 12.5 Å². The molecule has 0 amide bonds. The van der Waals surface area contributed by atoms with E-state index in [1.165, 1.54) is 38.8 Å². The number of benzene rings is 1. The molecule has 2 N–H and O–H groups in total. The van der Waals surface area contributed by atoms with Crippen molar-refractivity contribution in [2.24, 2.45) is 5.73 Å². The summed E-state index contributed by atoms with van der Waals surface area (Å²) in [6.45, 7) is 3.28. The van der Waals surface area contributed by atoms with Crippen molar-refractivity contribution in [1.82, 2.24) is 4.90 Å². The molecule has 2 fully saturated rings. The average molecular weight is 244 g/mol. The van der Waals surface area contributed by atoms with Gasteiger partial charge in [0.15, 0.2) is 0 Å². The van der Waals surface area contributed by atoms with Gasteiger partial charge in [0.25, 0.3) is 0 Å². The van der Waals surface area contributed by atoms with Gasteiger partial charge in [-0.05, 0) is 62.9 Å². The molecule has 1 aromatic carbocycles.